The van der Waals surface area contributed by atoms with Crippen molar-refractivity contribution in [1.82, 2.24) is 9.80 Å². The van der Waals surface area contributed by atoms with E-state index in [4.69, 9.17) is 4.74 Å². The summed E-state index contributed by atoms with van der Waals surface area (Å²) in [5, 5.41) is 0. The van der Waals surface area contributed by atoms with E-state index in [1.807, 2.05) is 41.0 Å². The summed E-state index contributed by atoms with van der Waals surface area (Å²) in [6, 6.07) is 7.56. The van der Waals surface area contributed by atoms with Gasteiger partial charge in [-0.1, -0.05) is 19.1 Å². The van der Waals surface area contributed by atoms with Crippen molar-refractivity contribution >= 4 is 11.8 Å². The van der Waals surface area contributed by atoms with Crippen molar-refractivity contribution < 1.29 is 14.3 Å². The lowest BCUT2D eigenvalue weighted by Gasteiger charge is -2.32. The van der Waals surface area contributed by atoms with Crippen LogP contribution >= 0.6 is 0 Å². The Morgan fingerprint density at radius 1 is 1.04 bits per heavy atom. The molecular weight excluding hydrogens is 316 g/mol. The highest BCUT2D eigenvalue weighted by Crippen LogP contribution is 2.24. The molecule has 0 aromatic heterocycles. The Labute approximate surface area is 149 Å². The monoisotopic (exact) mass is 344 g/mol. The molecule has 1 aromatic carbocycles. The van der Waals surface area contributed by atoms with Gasteiger partial charge in [-0.25, -0.2) is 0 Å². The number of carbonyl (C=O) groups is 2. The highest BCUT2D eigenvalue weighted by molar-refractivity contribution is 5.97. The molecule has 0 N–H and O–H groups in total. The van der Waals surface area contributed by atoms with Crippen LogP contribution in [0.1, 0.15) is 49.4 Å². The predicted molar refractivity (Wildman–Crippen MR) is 96.7 cm³/mol. The molecule has 0 bridgehead atoms. The third kappa shape index (κ3) is 4.33. The number of nitrogens with zero attached hydrogens (tertiary/aromatic N) is 2. The first kappa shape index (κ1) is 17.8. The van der Waals surface area contributed by atoms with Crippen molar-refractivity contribution in [1.29, 1.82) is 0 Å². The lowest BCUT2D eigenvalue weighted by molar-refractivity contribution is -0.132. The fourth-order valence-electron chi connectivity index (χ4n) is 3.64. The molecule has 3 rings (SSSR count). The molecule has 0 aliphatic carbocycles. The van der Waals surface area contributed by atoms with Crippen molar-refractivity contribution in [3.63, 3.8) is 0 Å². The summed E-state index contributed by atoms with van der Waals surface area (Å²) in [7, 11) is 0. The Balaban J connectivity index is 1.55. The first-order valence-electron chi connectivity index (χ1n) is 9.48. The highest BCUT2D eigenvalue weighted by Gasteiger charge is 2.24. The minimum atomic E-state index is 0.0801. The maximum atomic E-state index is 12.7. The quantitative estimate of drug-likeness (QED) is 0.825. The van der Waals surface area contributed by atoms with Crippen LogP contribution in [0, 0.1) is 5.92 Å². The fraction of sp³-hybridized carbons (Fsp3) is 0.600. The molecule has 5 nitrogen and oxygen atoms in total. The van der Waals surface area contributed by atoms with Crippen LogP contribution < -0.4 is 4.74 Å². The van der Waals surface area contributed by atoms with Gasteiger partial charge in [0.05, 0.1) is 12.2 Å². The number of piperidine rings is 1. The Bertz CT molecular complexity index is 603. The summed E-state index contributed by atoms with van der Waals surface area (Å²) < 4.78 is 6.03. The standard InChI is InChI=1S/C20H28N2O3/c1-2-19(23)21-13-9-16(10-14-21)15-25-18-8-4-3-7-17(18)20(24)22-11-5-6-12-22/h3-4,7-8,16H,2,5-6,9-15H2,1H3. The molecule has 25 heavy (non-hydrogen) atoms. The Morgan fingerprint density at radius 3 is 2.40 bits per heavy atom. The number of amides is 2. The third-order valence-electron chi connectivity index (χ3n) is 5.25. The molecule has 2 aliphatic heterocycles. The van der Waals surface area contributed by atoms with E-state index < -0.39 is 0 Å². The van der Waals surface area contributed by atoms with E-state index in [0.29, 0.717) is 30.3 Å². The van der Waals surface area contributed by atoms with Gasteiger partial charge in [-0.2, -0.15) is 0 Å². The molecule has 0 saturated carbocycles. The highest BCUT2D eigenvalue weighted by atomic mass is 16.5. The normalized spacial score (nSPS) is 18.4. The summed E-state index contributed by atoms with van der Waals surface area (Å²) in [4.78, 5) is 28.3. The van der Waals surface area contributed by atoms with Gasteiger partial charge in [-0.3, -0.25) is 9.59 Å². The summed E-state index contributed by atoms with van der Waals surface area (Å²) in [5.74, 6) is 1.44. The van der Waals surface area contributed by atoms with Crippen molar-refractivity contribution in [3.8, 4) is 5.75 Å². The molecule has 136 valence electrons. The number of ether oxygens (including phenoxy) is 1. The van der Waals surface area contributed by atoms with Crippen LogP contribution in [0.5, 0.6) is 5.75 Å². The van der Waals surface area contributed by atoms with Crippen molar-refractivity contribution in [2.24, 2.45) is 5.92 Å². The van der Waals surface area contributed by atoms with E-state index in [1.165, 1.54) is 0 Å². The van der Waals surface area contributed by atoms with Crippen LogP contribution in [0.4, 0.5) is 0 Å². The van der Waals surface area contributed by atoms with Gasteiger partial charge in [0.25, 0.3) is 5.91 Å². The lowest BCUT2D eigenvalue weighted by Crippen LogP contribution is -2.39. The molecular formula is C20H28N2O3. The van der Waals surface area contributed by atoms with Gasteiger partial charge in [0.15, 0.2) is 0 Å². The predicted octanol–water partition coefficient (Wildman–Crippen LogP) is 2.95. The maximum Gasteiger partial charge on any atom is 0.257 e. The smallest absolute Gasteiger partial charge is 0.257 e. The topological polar surface area (TPSA) is 49.9 Å². The van der Waals surface area contributed by atoms with Gasteiger partial charge < -0.3 is 14.5 Å². The Morgan fingerprint density at radius 2 is 1.72 bits per heavy atom. The number of hydrogen-bond acceptors (Lipinski definition) is 3. The summed E-state index contributed by atoms with van der Waals surface area (Å²) >= 11 is 0. The van der Waals surface area contributed by atoms with Crippen molar-refractivity contribution in [2.45, 2.75) is 39.0 Å². The largest absolute Gasteiger partial charge is 0.492 e. The van der Waals surface area contributed by atoms with Crippen LogP contribution in [0.2, 0.25) is 0 Å². The van der Waals surface area contributed by atoms with E-state index in [0.717, 1.165) is 51.9 Å². The second kappa shape index (κ2) is 8.37. The third-order valence-corrected chi connectivity index (χ3v) is 5.25. The van der Waals surface area contributed by atoms with Gasteiger partial charge in [0.1, 0.15) is 5.75 Å². The summed E-state index contributed by atoms with van der Waals surface area (Å²) in [6.07, 6.45) is 4.68. The zero-order valence-corrected chi connectivity index (χ0v) is 15.1. The van der Waals surface area contributed by atoms with Gasteiger partial charge in [-0.15, -0.1) is 0 Å². The zero-order chi connectivity index (χ0) is 17.6. The van der Waals surface area contributed by atoms with Crippen LogP contribution in [-0.2, 0) is 4.79 Å². The molecule has 5 heteroatoms. The van der Waals surface area contributed by atoms with Crippen LogP contribution in [0.15, 0.2) is 24.3 Å². The second-order valence-corrected chi connectivity index (χ2v) is 6.98. The first-order valence-corrected chi connectivity index (χ1v) is 9.48. The van der Waals surface area contributed by atoms with E-state index in [9.17, 15) is 9.59 Å². The van der Waals surface area contributed by atoms with Crippen molar-refractivity contribution in [2.75, 3.05) is 32.8 Å². The average Bonchev–Trinajstić information content (AvgIpc) is 3.20. The van der Waals surface area contributed by atoms with Gasteiger partial charge >= 0.3 is 0 Å². The fourth-order valence-corrected chi connectivity index (χ4v) is 3.64. The molecule has 2 heterocycles. The number of para-hydroxylation sites is 1. The minimum absolute atomic E-state index is 0.0801. The van der Waals surface area contributed by atoms with Crippen LogP contribution in [-0.4, -0.2) is 54.4 Å². The molecule has 0 spiro atoms. The van der Waals surface area contributed by atoms with Crippen molar-refractivity contribution in [3.05, 3.63) is 29.8 Å². The minimum Gasteiger partial charge on any atom is -0.492 e. The van der Waals surface area contributed by atoms with E-state index in [1.54, 1.807) is 0 Å². The number of likely N-dealkylation sites (tertiary alicyclic amines) is 2. The average molecular weight is 344 g/mol. The van der Waals surface area contributed by atoms with E-state index in [2.05, 4.69) is 0 Å². The Hall–Kier alpha value is -2.04. The number of carbonyl (C=O) groups excluding carboxylic acids is 2. The molecule has 2 aliphatic rings. The molecule has 0 atom stereocenters. The summed E-state index contributed by atoms with van der Waals surface area (Å²) in [5.41, 5.74) is 0.669. The first-order chi connectivity index (χ1) is 12.2. The lowest BCUT2D eigenvalue weighted by atomic mass is 9.97. The molecule has 0 radical (unpaired) electrons. The maximum absolute atomic E-state index is 12.7. The second-order valence-electron chi connectivity index (χ2n) is 6.98. The SMILES string of the molecule is CCC(=O)N1CCC(COc2ccccc2C(=O)N2CCCC2)CC1. The van der Waals surface area contributed by atoms with Gasteiger partial charge in [-0.05, 0) is 43.7 Å². The molecule has 1 aromatic rings. The number of hydrogen-bond donors (Lipinski definition) is 0. The summed E-state index contributed by atoms with van der Waals surface area (Å²) in [6.45, 7) is 5.84. The zero-order valence-electron chi connectivity index (χ0n) is 15.1. The van der Waals surface area contributed by atoms with E-state index >= 15 is 0 Å². The molecule has 2 amide bonds. The van der Waals surface area contributed by atoms with Crippen LogP contribution in [0.3, 0.4) is 0 Å². The molecule has 2 saturated heterocycles. The Kier molecular flexibility index (Phi) is 5.95. The van der Waals surface area contributed by atoms with Gasteiger partial charge in [0, 0.05) is 32.6 Å². The van der Waals surface area contributed by atoms with E-state index in [-0.39, 0.29) is 11.8 Å². The molecule has 0 unspecified atom stereocenters. The van der Waals surface area contributed by atoms with Gasteiger partial charge in [0.2, 0.25) is 5.91 Å². The number of benzene rings is 1. The molecule has 2 fully saturated rings. The number of rotatable bonds is 5. The van der Waals surface area contributed by atoms with Crippen LogP contribution in [0.25, 0.3) is 0 Å².